The molecule has 0 radical (unpaired) electrons. The zero-order chi connectivity index (χ0) is 21.6. The zero-order valence-electron chi connectivity index (χ0n) is 18.9. The Labute approximate surface area is 185 Å². The van der Waals surface area contributed by atoms with Crippen LogP contribution in [0.25, 0.3) is 10.9 Å². The van der Waals surface area contributed by atoms with Crippen molar-refractivity contribution in [2.24, 2.45) is 0 Å². The van der Waals surface area contributed by atoms with E-state index in [0.29, 0.717) is 18.7 Å². The van der Waals surface area contributed by atoms with Crippen molar-refractivity contribution in [1.82, 2.24) is 10.3 Å². The van der Waals surface area contributed by atoms with Crippen LogP contribution in [0.2, 0.25) is 0 Å². The van der Waals surface area contributed by atoms with Crippen molar-refractivity contribution in [2.45, 2.75) is 51.2 Å². The number of ether oxygens (including phenoxy) is 1. The Bertz CT molecular complexity index is 996. The molecule has 1 aromatic heterocycles. The number of anilines is 2. The van der Waals surface area contributed by atoms with Gasteiger partial charge in [0.25, 0.3) is 0 Å². The van der Waals surface area contributed by atoms with Gasteiger partial charge in [0, 0.05) is 55.4 Å². The van der Waals surface area contributed by atoms with Crippen molar-refractivity contribution in [1.29, 1.82) is 0 Å². The average molecular weight is 419 g/mol. The van der Waals surface area contributed by atoms with Gasteiger partial charge < -0.3 is 20.3 Å². The quantitative estimate of drug-likeness (QED) is 0.526. The van der Waals surface area contributed by atoms with Crippen LogP contribution in [-0.4, -0.2) is 37.8 Å². The zero-order valence-corrected chi connectivity index (χ0v) is 18.9. The second-order valence-corrected chi connectivity index (χ2v) is 8.55. The Morgan fingerprint density at radius 3 is 2.45 bits per heavy atom. The first-order valence-electron chi connectivity index (χ1n) is 11.4. The second-order valence-electron chi connectivity index (χ2n) is 8.55. The number of para-hydroxylation sites is 2. The summed E-state index contributed by atoms with van der Waals surface area (Å²) in [6.45, 7) is 3.59. The Hall–Kier alpha value is -2.79. The van der Waals surface area contributed by atoms with Gasteiger partial charge in [-0.25, -0.2) is 4.98 Å². The Morgan fingerprint density at radius 1 is 0.968 bits per heavy atom. The summed E-state index contributed by atoms with van der Waals surface area (Å²) in [7, 11) is 4.18. The standard InChI is InChI=1S/C26H34N4O/c1-4-31-25-12-8-5-9-19(25)18-27-20-13-15-21(16-14-20)28-26-17-24(30(2)3)22-10-6-7-11-23(22)29-26/h5-12,17,20-21,27H,4,13-16,18H2,1-3H3,(H,28,29)/t20-,21+. The van der Waals surface area contributed by atoms with Crippen LogP contribution < -0.4 is 20.3 Å². The molecular formula is C26H34N4O. The maximum Gasteiger partial charge on any atom is 0.128 e. The summed E-state index contributed by atoms with van der Waals surface area (Å²) in [5.41, 5.74) is 3.48. The van der Waals surface area contributed by atoms with Gasteiger partial charge >= 0.3 is 0 Å². The number of benzene rings is 2. The molecule has 5 nitrogen and oxygen atoms in total. The van der Waals surface area contributed by atoms with Gasteiger partial charge in [-0.2, -0.15) is 0 Å². The van der Waals surface area contributed by atoms with Crippen molar-refractivity contribution >= 4 is 22.4 Å². The number of fused-ring (bicyclic) bond motifs is 1. The normalized spacial score (nSPS) is 18.7. The predicted molar refractivity (Wildman–Crippen MR) is 130 cm³/mol. The molecule has 0 atom stereocenters. The summed E-state index contributed by atoms with van der Waals surface area (Å²) in [5.74, 6) is 1.97. The summed E-state index contributed by atoms with van der Waals surface area (Å²) < 4.78 is 5.76. The SMILES string of the molecule is CCOc1ccccc1CN[C@H]1CC[C@@H](Nc2cc(N(C)C)c3ccccc3n2)CC1. The fourth-order valence-electron chi connectivity index (χ4n) is 4.45. The average Bonchev–Trinajstić information content (AvgIpc) is 2.79. The molecule has 1 fully saturated rings. The molecular weight excluding hydrogens is 384 g/mol. The first-order valence-corrected chi connectivity index (χ1v) is 11.4. The van der Waals surface area contributed by atoms with Crippen LogP contribution in [0.5, 0.6) is 5.75 Å². The fourth-order valence-corrected chi connectivity index (χ4v) is 4.45. The smallest absolute Gasteiger partial charge is 0.128 e. The third kappa shape index (κ3) is 5.28. The van der Waals surface area contributed by atoms with Crippen LogP contribution >= 0.6 is 0 Å². The predicted octanol–water partition coefficient (Wildman–Crippen LogP) is 5.21. The molecule has 1 saturated carbocycles. The van der Waals surface area contributed by atoms with Crippen molar-refractivity contribution in [3.8, 4) is 5.75 Å². The Morgan fingerprint density at radius 2 is 1.68 bits per heavy atom. The molecule has 1 aliphatic carbocycles. The number of aromatic nitrogens is 1. The molecule has 0 bridgehead atoms. The molecule has 0 saturated heterocycles. The van der Waals surface area contributed by atoms with Crippen molar-refractivity contribution in [3.63, 3.8) is 0 Å². The van der Waals surface area contributed by atoms with Crippen LogP contribution in [0.1, 0.15) is 38.2 Å². The van der Waals surface area contributed by atoms with Crippen LogP contribution in [0.15, 0.2) is 54.6 Å². The molecule has 1 aliphatic rings. The molecule has 4 rings (SSSR count). The van der Waals surface area contributed by atoms with E-state index in [1.807, 2.05) is 13.0 Å². The maximum absolute atomic E-state index is 5.76. The summed E-state index contributed by atoms with van der Waals surface area (Å²) in [6.07, 6.45) is 4.64. The molecule has 2 N–H and O–H groups in total. The Kier molecular flexibility index (Phi) is 6.92. The van der Waals surface area contributed by atoms with E-state index in [9.17, 15) is 0 Å². The minimum atomic E-state index is 0.470. The Balaban J connectivity index is 1.34. The van der Waals surface area contributed by atoms with Gasteiger partial charge in [-0.3, -0.25) is 0 Å². The third-order valence-electron chi connectivity index (χ3n) is 6.11. The highest BCUT2D eigenvalue weighted by Gasteiger charge is 2.22. The van der Waals surface area contributed by atoms with E-state index in [1.54, 1.807) is 0 Å². The minimum Gasteiger partial charge on any atom is -0.494 e. The van der Waals surface area contributed by atoms with Crippen molar-refractivity contribution in [3.05, 3.63) is 60.2 Å². The van der Waals surface area contributed by atoms with E-state index in [0.717, 1.165) is 36.5 Å². The molecule has 3 aromatic rings. The van der Waals surface area contributed by atoms with Gasteiger partial charge in [-0.15, -0.1) is 0 Å². The number of nitrogens with zero attached hydrogens (tertiary/aromatic N) is 2. The molecule has 1 heterocycles. The third-order valence-corrected chi connectivity index (χ3v) is 6.11. The number of nitrogens with one attached hydrogen (secondary N) is 2. The lowest BCUT2D eigenvalue weighted by Gasteiger charge is -2.30. The highest BCUT2D eigenvalue weighted by Crippen LogP contribution is 2.29. The fraction of sp³-hybridized carbons (Fsp3) is 0.423. The maximum atomic E-state index is 5.76. The number of pyridine rings is 1. The number of hydrogen-bond acceptors (Lipinski definition) is 5. The first kappa shape index (κ1) is 21.4. The molecule has 2 aromatic carbocycles. The molecule has 0 aliphatic heterocycles. The lowest BCUT2D eigenvalue weighted by atomic mass is 9.91. The second kappa shape index (κ2) is 10.0. The van der Waals surface area contributed by atoms with Crippen molar-refractivity contribution in [2.75, 3.05) is 30.9 Å². The first-order chi connectivity index (χ1) is 15.1. The monoisotopic (exact) mass is 418 g/mol. The molecule has 31 heavy (non-hydrogen) atoms. The van der Waals surface area contributed by atoms with E-state index in [4.69, 9.17) is 9.72 Å². The van der Waals surface area contributed by atoms with Gasteiger partial charge in [0.15, 0.2) is 0 Å². The van der Waals surface area contributed by atoms with Gasteiger partial charge in [0.05, 0.1) is 12.1 Å². The van der Waals surface area contributed by atoms with E-state index >= 15 is 0 Å². The molecule has 0 amide bonds. The van der Waals surface area contributed by atoms with Gasteiger partial charge in [-0.05, 0) is 44.7 Å². The van der Waals surface area contributed by atoms with Gasteiger partial charge in [0.2, 0.25) is 0 Å². The van der Waals surface area contributed by atoms with Crippen LogP contribution in [0, 0.1) is 0 Å². The minimum absolute atomic E-state index is 0.470. The van der Waals surface area contributed by atoms with Gasteiger partial charge in [0.1, 0.15) is 11.6 Å². The van der Waals surface area contributed by atoms with Crippen LogP contribution in [-0.2, 0) is 6.54 Å². The summed E-state index contributed by atoms with van der Waals surface area (Å²) in [4.78, 5) is 7.03. The van der Waals surface area contributed by atoms with E-state index < -0.39 is 0 Å². The van der Waals surface area contributed by atoms with E-state index in [1.165, 1.54) is 29.5 Å². The highest BCUT2D eigenvalue weighted by molar-refractivity contribution is 5.93. The number of rotatable bonds is 8. The van der Waals surface area contributed by atoms with E-state index in [-0.39, 0.29) is 0 Å². The molecule has 164 valence electrons. The van der Waals surface area contributed by atoms with Gasteiger partial charge in [-0.1, -0.05) is 36.4 Å². The summed E-state index contributed by atoms with van der Waals surface area (Å²) in [5, 5.41) is 8.64. The largest absolute Gasteiger partial charge is 0.494 e. The summed E-state index contributed by atoms with van der Waals surface area (Å²) in [6, 6.07) is 19.9. The molecule has 0 spiro atoms. The van der Waals surface area contributed by atoms with Crippen molar-refractivity contribution < 1.29 is 4.74 Å². The lowest BCUT2D eigenvalue weighted by molar-refractivity contribution is 0.327. The topological polar surface area (TPSA) is 49.4 Å². The lowest BCUT2D eigenvalue weighted by Crippen LogP contribution is -2.36. The van der Waals surface area contributed by atoms with Crippen LogP contribution in [0.3, 0.4) is 0 Å². The van der Waals surface area contributed by atoms with E-state index in [2.05, 4.69) is 78.2 Å². The molecule has 5 heteroatoms. The number of hydrogen-bond donors (Lipinski definition) is 2. The highest BCUT2D eigenvalue weighted by atomic mass is 16.5. The molecule has 0 unspecified atom stereocenters. The summed E-state index contributed by atoms with van der Waals surface area (Å²) >= 11 is 0. The van der Waals surface area contributed by atoms with Crippen LogP contribution in [0.4, 0.5) is 11.5 Å².